The van der Waals surface area contributed by atoms with Crippen LogP contribution in [0.2, 0.25) is 0 Å². The number of hydrogen-bond acceptors (Lipinski definition) is 6. The van der Waals surface area contributed by atoms with Gasteiger partial charge in [0, 0.05) is 11.3 Å². The van der Waals surface area contributed by atoms with Crippen molar-refractivity contribution in [3.05, 3.63) is 58.1 Å². The SMILES string of the molecule is CCOC(=O)C(Nc1ccc(C(=N)N)cc1)c1cc(C(C)C)c(C(N)=O)c(OC)c1C. The molecule has 0 radical (unpaired) electrons. The molecule has 0 aliphatic carbocycles. The van der Waals surface area contributed by atoms with E-state index in [1.165, 1.54) is 7.11 Å². The van der Waals surface area contributed by atoms with E-state index in [0.717, 1.165) is 0 Å². The van der Waals surface area contributed by atoms with Crippen LogP contribution in [0.4, 0.5) is 5.69 Å². The van der Waals surface area contributed by atoms with Crippen molar-refractivity contribution in [2.75, 3.05) is 19.0 Å². The van der Waals surface area contributed by atoms with E-state index in [9.17, 15) is 9.59 Å². The lowest BCUT2D eigenvalue weighted by atomic mass is 9.88. The monoisotopic (exact) mass is 426 g/mol. The summed E-state index contributed by atoms with van der Waals surface area (Å²) in [5.41, 5.74) is 14.6. The van der Waals surface area contributed by atoms with Gasteiger partial charge in [0.15, 0.2) is 6.04 Å². The summed E-state index contributed by atoms with van der Waals surface area (Å²) in [7, 11) is 1.47. The minimum Gasteiger partial charge on any atom is -0.496 e. The topological polar surface area (TPSA) is 141 Å². The van der Waals surface area contributed by atoms with Gasteiger partial charge in [-0.25, -0.2) is 4.79 Å². The van der Waals surface area contributed by atoms with E-state index in [4.69, 9.17) is 26.4 Å². The number of amides is 1. The maximum absolute atomic E-state index is 12.9. The van der Waals surface area contributed by atoms with Gasteiger partial charge < -0.3 is 26.3 Å². The van der Waals surface area contributed by atoms with Crippen LogP contribution in [0.1, 0.15) is 65.3 Å². The zero-order valence-corrected chi connectivity index (χ0v) is 18.5. The minimum atomic E-state index is -0.851. The van der Waals surface area contributed by atoms with Crippen molar-refractivity contribution < 1.29 is 19.1 Å². The molecule has 2 aromatic carbocycles. The molecule has 1 amide bonds. The molecule has 0 aliphatic rings. The Hall–Kier alpha value is -3.55. The number of nitrogens with one attached hydrogen (secondary N) is 2. The number of ether oxygens (including phenoxy) is 2. The standard InChI is InChI=1S/C23H30N4O4/c1-6-31-23(29)19(27-15-9-7-14(8-10-15)21(24)25)17-11-16(12(2)3)18(22(26)28)20(30-5)13(17)4/h7-12,19,27H,6H2,1-5H3,(H3,24,25)(H2,26,28). The fraction of sp³-hybridized carbons (Fsp3) is 0.348. The maximum atomic E-state index is 12.9. The average molecular weight is 427 g/mol. The third-order valence-electron chi connectivity index (χ3n) is 5.01. The van der Waals surface area contributed by atoms with Crippen molar-refractivity contribution >= 4 is 23.4 Å². The summed E-state index contributed by atoms with van der Waals surface area (Å²) in [4.78, 5) is 25.1. The van der Waals surface area contributed by atoms with E-state index < -0.39 is 17.9 Å². The van der Waals surface area contributed by atoms with Gasteiger partial charge >= 0.3 is 5.97 Å². The fourth-order valence-corrected chi connectivity index (χ4v) is 3.46. The molecular weight excluding hydrogens is 396 g/mol. The number of esters is 1. The molecule has 8 heteroatoms. The van der Waals surface area contributed by atoms with Gasteiger partial charge in [0.2, 0.25) is 0 Å². The lowest BCUT2D eigenvalue weighted by molar-refractivity contribution is -0.144. The van der Waals surface area contributed by atoms with Crippen molar-refractivity contribution in [1.29, 1.82) is 5.41 Å². The smallest absolute Gasteiger partial charge is 0.333 e. The second-order valence-electron chi connectivity index (χ2n) is 7.43. The average Bonchev–Trinajstić information content (AvgIpc) is 2.72. The molecule has 1 unspecified atom stereocenters. The quantitative estimate of drug-likeness (QED) is 0.276. The van der Waals surface area contributed by atoms with Crippen LogP contribution in [-0.4, -0.2) is 31.4 Å². The summed E-state index contributed by atoms with van der Waals surface area (Å²) in [5.74, 6) is -0.789. The first-order valence-corrected chi connectivity index (χ1v) is 10.0. The van der Waals surface area contributed by atoms with Crippen LogP contribution < -0.4 is 21.5 Å². The second-order valence-corrected chi connectivity index (χ2v) is 7.43. The van der Waals surface area contributed by atoms with Crippen molar-refractivity contribution in [3.63, 3.8) is 0 Å². The fourth-order valence-electron chi connectivity index (χ4n) is 3.46. The summed E-state index contributed by atoms with van der Waals surface area (Å²) in [6.45, 7) is 7.60. The summed E-state index contributed by atoms with van der Waals surface area (Å²) < 4.78 is 10.8. The minimum absolute atomic E-state index is 0.0338. The first-order chi connectivity index (χ1) is 14.6. The number of carbonyl (C=O) groups is 2. The predicted molar refractivity (Wildman–Crippen MR) is 121 cm³/mol. The van der Waals surface area contributed by atoms with Gasteiger partial charge in [0.05, 0.1) is 19.3 Å². The highest BCUT2D eigenvalue weighted by atomic mass is 16.5. The predicted octanol–water partition coefficient (Wildman–Crippen LogP) is 3.23. The molecule has 8 nitrogen and oxygen atoms in total. The van der Waals surface area contributed by atoms with Crippen LogP contribution in [0, 0.1) is 12.3 Å². The summed E-state index contributed by atoms with van der Waals surface area (Å²) in [6.07, 6.45) is 0. The molecule has 0 saturated carbocycles. The Labute approximate surface area is 182 Å². The molecule has 1 atom stereocenters. The van der Waals surface area contributed by atoms with Crippen molar-refractivity contribution in [3.8, 4) is 5.75 Å². The lowest BCUT2D eigenvalue weighted by Crippen LogP contribution is -2.26. The molecule has 0 saturated heterocycles. The number of carbonyl (C=O) groups excluding carboxylic acids is 2. The Morgan fingerprint density at radius 3 is 2.19 bits per heavy atom. The normalized spacial score (nSPS) is 11.7. The molecule has 0 fully saturated rings. The number of hydrogen-bond donors (Lipinski definition) is 4. The van der Waals surface area contributed by atoms with Gasteiger partial charge in [0.1, 0.15) is 11.6 Å². The molecule has 2 rings (SSSR count). The molecule has 0 aromatic heterocycles. The number of anilines is 1. The molecular formula is C23H30N4O4. The van der Waals surface area contributed by atoms with Crippen LogP contribution in [0.15, 0.2) is 30.3 Å². The Morgan fingerprint density at radius 2 is 1.74 bits per heavy atom. The van der Waals surface area contributed by atoms with Crippen LogP contribution >= 0.6 is 0 Å². The Balaban J connectivity index is 2.65. The van der Waals surface area contributed by atoms with Gasteiger partial charge in [-0.3, -0.25) is 10.2 Å². The van der Waals surface area contributed by atoms with Crippen LogP contribution in [-0.2, 0) is 9.53 Å². The number of methoxy groups -OCH3 is 1. The molecule has 31 heavy (non-hydrogen) atoms. The maximum Gasteiger partial charge on any atom is 0.333 e. The van der Waals surface area contributed by atoms with Crippen molar-refractivity contribution in [1.82, 2.24) is 0 Å². The summed E-state index contributed by atoms with van der Waals surface area (Å²) in [5, 5.41) is 10.7. The summed E-state index contributed by atoms with van der Waals surface area (Å²) >= 11 is 0. The van der Waals surface area contributed by atoms with E-state index in [1.807, 2.05) is 13.8 Å². The molecule has 166 valence electrons. The van der Waals surface area contributed by atoms with Crippen molar-refractivity contribution in [2.45, 2.75) is 39.7 Å². The number of primary amides is 1. The molecule has 0 spiro atoms. The van der Waals surface area contributed by atoms with Crippen LogP contribution in [0.5, 0.6) is 5.75 Å². The highest BCUT2D eigenvalue weighted by Gasteiger charge is 2.29. The van der Waals surface area contributed by atoms with E-state index >= 15 is 0 Å². The first kappa shape index (κ1) is 23.7. The van der Waals surface area contributed by atoms with Gasteiger partial charge in [-0.2, -0.15) is 0 Å². The van der Waals surface area contributed by atoms with Crippen LogP contribution in [0.3, 0.4) is 0 Å². The lowest BCUT2D eigenvalue weighted by Gasteiger charge is -2.25. The molecule has 6 N–H and O–H groups in total. The third kappa shape index (κ3) is 5.14. The summed E-state index contributed by atoms with van der Waals surface area (Å²) in [6, 6.07) is 7.80. The number of nitrogen functional groups attached to an aromatic ring is 1. The zero-order valence-electron chi connectivity index (χ0n) is 18.5. The number of amidine groups is 1. The van der Waals surface area contributed by atoms with Gasteiger partial charge in [-0.05, 0) is 60.7 Å². The first-order valence-electron chi connectivity index (χ1n) is 10.0. The molecule has 2 aromatic rings. The van der Waals surface area contributed by atoms with E-state index in [1.54, 1.807) is 44.2 Å². The van der Waals surface area contributed by atoms with E-state index in [-0.39, 0.29) is 18.4 Å². The van der Waals surface area contributed by atoms with Gasteiger partial charge in [-0.1, -0.05) is 19.9 Å². The Morgan fingerprint density at radius 1 is 1.13 bits per heavy atom. The van der Waals surface area contributed by atoms with Crippen molar-refractivity contribution in [2.24, 2.45) is 11.5 Å². The van der Waals surface area contributed by atoms with E-state index in [0.29, 0.717) is 39.3 Å². The van der Waals surface area contributed by atoms with Gasteiger partial charge in [0.25, 0.3) is 5.91 Å². The molecule has 0 aliphatic heterocycles. The highest BCUT2D eigenvalue weighted by molar-refractivity contribution is 5.98. The largest absolute Gasteiger partial charge is 0.496 e. The molecule has 0 bridgehead atoms. The third-order valence-corrected chi connectivity index (χ3v) is 5.01. The van der Waals surface area contributed by atoms with Crippen LogP contribution in [0.25, 0.3) is 0 Å². The number of rotatable bonds is 9. The van der Waals surface area contributed by atoms with Gasteiger partial charge in [-0.15, -0.1) is 0 Å². The number of benzene rings is 2. The zero-order chi connectivity index (χ0) is 23.3. The Kier molecular flexibility index (Phi) is 7.63. The molecule has 0 heterocycles. The van der Waals surface area contributed by atoms with E-state index in [2.05, 4.69) is 5.32 Å². The Bertz CT molecular complexity index is 984. The number of nitrogens with two attached hydrogens (primary N) is 2. The highest BCUT2D eigenvalue weighted by Crippen LogP contribution is 2.37. The second kappa shape index (κ2) is 9.97.